The molecule has 1 unspecified atom stereocenters. The number of carboxylic acids is 1. The Kier molecular flexibility index (Phi) is 6.46. The summed E-state index contributed by atoms with van der Waals surface area (Å²) in [5.74, 6) is -1.90. The fourth-order valence-corrected chi connectivity index (χ4v) is 1.71. The van der Waals surface area contributed by atoms with Crippen LogP contribution in [0.3, 0.4) is 0 Å². The van der Waals surface area contributed by atoms with Crippen LogP contribution < -0.4 is 4.72 Å². The van der Waals surface area contributed by atoms with E-state index in [0.717, 1.165) is 0 Å². The molecule has 0 aliphatic heterocycles. The zero-order chi connectivity index (χ0) is 11.9. The highest BCUT2D eigenvalue weighted by atomic mass is 32.2. The van der Waals surface area contributed by atoms with Crippen molar-refractivity contribution in [2.24, 2.45) is 5.92 Å². The van der Waals surface area contributed by atoms with Crippen molar-refractivity contribution in [2.75, 3.05) is 25.5 Å². The number of hydrogen-bond donors (Lipinski definition) is 2. The molecule has 0 saturated carbocycles. The zero-order valence-electron chi connectivity index (χ0n) is 8.89. The van der Waals surface area contributed by atoms with E-state index in [2.05, 4.69) is 4.72 Å². The van der Waals surface area contributed by atoms with Crippen LogP contribution in [0.2, 0.25) is 0 Å². The second kappa shape index (κ2) is 6.76. The highest BCUT2D eigenvalue weighted by Gasteiger charge is 2.15. The highest BCUT2D eigenvalue weighted by molar-refractivity contribution is 7.89. The molecule has 0 aliphatic rings. The maximum atomic E-state index is 11.2. The van der Waals surface area contributed by atoms with Gasteiger partial charge in [0.05, 0.1) is 18.3 Å². The third-order valence-corrected chi connectivity index (χ3v) is 3.04. The van der Waals surface area contributed by atoms with E-state index >= 15 is 0 Å². The largest absolute Gasteiger partial charge is 0.481 e. The summed E-state index contributed by atoms with van der Waals surface area (Å²) in [6.45, 7) is 3.69. The maximum Gasteiger partial charge on any atom is 0.307 e. The standard InChI is InChI=1S/C8H17NO5S/c1-3-14-4-5-15(12,13)9-6-7(2)8(10)11/h7,9H,3-6H2,1-2H3,(H,10,11). The van der Waals surface area contributed by atoms with Gasteiger partial charge in [-0.2, -0.15) is 0 Å². The lowest BCUT2D eigenvalue weighted by Gasteiger charge is -2.09. The van der Waals surface area contributed by atoms with Gasteiger partial charge in [0, 0.05) is 13.2 Å². The summed E-state index contributed by atoms with van der Waals surface area (Å²) in [7, 11) is -3.42. The molecule has 0 aromatic heterocycles. The summed E-state index contributed by atoms with van der Waals surface area (Å²) in [5.41, 5.74) is 0. The molecule has 0 aliphatic carbocycles. The molecule has 0 heterocycles. The number of rotatable bonds is 8. The quantitative estimate of drug-likeness (QED) is 0.565. The molecule has 0 fully saturated rings. The van der Waals surface area contributed by atoms with Crippen LogP contribution in [0.25, 0.3) is 0 Å². The molecule has 0 aromatic rings. The summed E-state index contributed by atoms with van der Waals surface area (Å²) in [6, 6.07) is 0. The fraction of sp³-hybridized carbons (Fsp3) is 0.875. The van der Waals surface area contributed by atoms with E-state index in [1.807, 2.05) is 0 Å². The van der Waals surface area contributed by atoms with Gasteiger partial charge in [-0.05, 0) is 6.92 Å². The molecule has 0 aromatic carbocycles. The van der Waals surface area contributed by atoms with Crippen LogP contribution in [0.1, 0.15) is 13.8 Å². The van der Waals surface area contributed by atoms with Crippen LogP contribution in [0.4, 0.5) is 0 Å². The molecule has 0 radical (unpaired) electrons. The predicted octanol–water partition coefficient (Wildman–Crippen LogP) is -0.337. The first kappa shape index (κ1) is 14.3. The van der Waals surface area contributed by atoms with Crippen LogP contribution in [-0.2, 0) is 19.6 Å². The van der Waals surface area contributed by atoms with Crippen LogP contribution in [0.5, 0.6) is 0 Å². The Morgan fingerprint density at radius 1 is 1.53 bits per heavy atom. The minimum atomic E-state index is -3.42. The predicted molar refractivity (Wildman–Crippen MR) is 55.1 cm³/mol. The van der Waals surface area contributed by atoms with Gasteiger partial charge in [0.25, 0.3) is 0 Å². The number of sulfonamides is 1. The second-order valence-corrected chi connectivity index (χ2v) is 5.03. The molecular weight excluding hydrogens is 222 g/mol. The van der Waals surface area contributed by atoms with Crippen molar-refractivity contribution in [3.8, 4) is 0 Å². The molecule has 7 heteroatoms. The molecule has 0 amide bonds. The van der Waals surface area contributed by atoms with E-state index in [-0.39, 0.29) is 18.9 Å². The minimum Gasteiger partial charge on any atom is -0.481 e. The molecule has 15 heavy (non-hydrogen) atoms. The van der Waals surface area contributed by atoms with Gasteiger partial charge in [0.15, 0.2) is 0 Å². The minimum absolute atomic E-state index is 0.0935. The number of carbonyl (C=O) groups is 1. The number of hydrogen-bond acceptors (Lipinski definition) is 4. The van der Waals surface area contributed by atoms with Crippen LogP contribution in [0.15, 0.2) is 0 Å². The van der Waals surface area contributed by atoms with Gasteiger partial charge in [-0.3, -0.25) is 4.79 Å². The van der Waals surface area contributed by atoms with Crippen molar-refractivity contribution in [3.63, 3.8) is 0 Å². The van der Waals surface area contributed by atoms with Crippen molar-refractivity contribution in [3.05, 3.63) is 0 Å². The third kappa shape index (κ3) is 7.29. The Morgan fingerprint density at radius 2 is 2.13 bits per heavy atom. The molecule has 0 saturated heterocycles. The molecule has 0 rings (SSSR count). The zero-order valence-corrected chi connectivity index (χ0v) is 9.71. The number of nitrogens with one attached hydrogen (secondary N) is 1. The van der Waals surface area contributed by atoms with E-state index in [4.69, 9.17) is 9.84 Å². The van der Waals surface area contributed by atoms with Gasteiger partial charge in [-0.1, -0.05) is 6.92 Å². The smallest absolute Gasteiger partial charge is 0.307 e. The molecule has 2 N–H and O–H groups in total. The van der Waals surface area contributed by atoms with Crippen molar-refractivity contribution >= 4 is 16.0 Å². The van der Waals surface area contributed by atoms with Gasteiger partial charge in [-0.25, -0.2) is 13.1 Å². The lowest BCUT2D eigenvalue weighted by Crippen LogP contribution is -2.34. The summed E-state index contributed by atoms with van der Waals surface area (Å²) >= 11 is 0. The van der Waals surface area contributed by atoms with Crippen molar-refractivity contribution in [1.29, 1.82) is 0 Å². The van der Waals surface area contributed by atoms with Crippen LogP contribution in [0, 0.1) is 5.92 Å². The van der Waals surface area contributed by atoms with Gasteiger partial charge < -0.3 is 9.84 Å². The second-order valence-electron chi connectivity index (χ2n) is 3.10. The Bertz CT molecular complexity index is 287. The van der Waals surface area contributed by atoms with Gasteiger partial charge in [0.2, 0.25) is 10.0 Å². The topological polar surface area (TPSA) is 92.7 Å². The summed E-state index contributed by atoms with van der Waals surface area (Å²) in [6.07, 6.45) is 0. The monoisotopic (exact) mass is 239 g/mol. The Balaban J connectivity index is 3.89. The van der Waals surface area contributed by atoms with Crippen molar-refractivity contribution < 1.29 is 23.1 Å². The fourth-order valence-electron chi connectivity index (χ4n) is 0.724. The normalized spacial score (nSPS) is 13.7. The van der Waals surface area contributed by atoms with E-state index in [0.29, 0.717) is 6.61 Å². The average Bonchev–Trinajstić information content (AvgIpc) is 2.14. The summed E-state index contributed by atoms with van der Waals surface area (Å²) < 4.78 is 29.6. The molecular formula is C8H17NO5S. The maximum absolute atomic E-state index is 11.2. The Labute approximate surface area is 89.7 Å². The summed E-state index contributed by atoms with van der Waals surface area (Å²) in [5, 5.41) is 8.53. The number of aliphatic carboxylic acids is 1. The first-order chi connectivity index (χ1) is 6.89. The van der Waals surface area contributed by atoms with E-state index in [9.17, 15) is 13.2 Å². The lowest BCUT2D eigenvalue weighted by atomic mass is 10.2. The van der Waals surface area contributed by atoms with Gasteiger partial charge in [0.1, 0.15) is 0 Å². The molecule has 0 spiro atoms. The van der Waals surface area contributed by atoms with E-state index in [1.54, 1.807) is 6.92 Å². The van der Waals surface area contributed by atoms with Gasteiger partial charge >= 0.3 is 5.97 Å². The first-order valence-corrected chi connectivity index (χ1v) is 6.32. The SMILES string of the molecule is CCOCCS(=O)(=O)NCC(C)C(=O)O. The molecule has 90 valence electrons. The number of ether oxygens (including phenoxy) is 1. The van der Waals surface area contributed by atoms with E-state index in [1.165, 1.54) is 6.92 Å². The molecule has 6 nitrogen and oxygen atoms in total. The molecule has 1 atom stereocenters. The average molecular weight is 239 g/mol. The van der Waals surface area contributed by atoms with Crippen LogP contribution in [-0.4, -0.2) is 45.0 Å². The Morgan fingerprint density at radius 3 is 2.60 bits per heavy atom. The summed E-state index contributed by atoms with van der Waals surface area (Å²) in [4.78, 5) is 10.4. The molecule has 0 bridgehead atoms. The van der Waals surface area contributed by atoms with Crippen molar-refractivity contribution in [2.45, 2.75) is 13.8 Å². The van der Waals surface area contributed by atoms with Crippen molar-refractivity contribution in [1.82, 2.24) is 4.72 Å². The number of carboxylic acid groups (broad SMARTS) is 1. The Hall–Kier alpha value is -0.660. The van der Waals surface area contributed by atoms with Crippen LogP contribution >= 0.6 is 0 Å². The van der Waals surface area contributed by atoms with Gasteiger partial charge in [-0.15, -0.1) is 0 Å². The highest BCUT2D eigenvalue weighted by Crippen LogP contribution is 1.94. The lowest BCUT2D eigenvalue weighted by molar-refractivity contribution is -0.140. The first-order valence-electron chi connectivity index (χ1n) is 4.67. The third-order valence-electron chi connectivity index (χ3n) is 1.73. The van der Waals surface area contributed by atoms with E-state index < -0.39 is 21.9 Å².